The topological polar surface area (TPSA) is 48.2 Å². The van der Waals surface area contributed by atoms with Gasteiger partial charge in [-0.3, -0.25) is 0 Å². The Labute approximate surface area is 300 Å². The molecule has 51 heavy (non-hydrogen) atoms. The van der Waals surface area contributed by atoms with Crippen molar-refractivity contribution in [1.29, 1.82) is 0 Å². The summed E-state index contributed by atoms with van der Waals surface area (Å²) in [6.45, 7) is 4.00. The van der Waals surface area contributed by atoms with Crippen molar-refractivity contribution >= 4 is 44.7 Å². The Kier molecular flexibility index (Phi) is 7.96. The van der Waals surface area contributed by atoms with Crippen LogP contribution in [0.15, 0.2) is 138 Å². The second-order valence-electron chi connectivity index (χ2n) is 13.9. The molecule has 4 heteroatoms. The Morgan fingerprint density at radius 2 is 1.63 bits per heavy atom. The van der Waals surface area contributed by atoms with Crippen LogP contribution >= 0.6 is 0 Å². The van der Waals surface area contributed by atoms with Crippen molar-refractivity contribution in [3.05, 3.63) is 166 Å². The van der Waals surface area contributed by atoms with Crippen molar-refractivity contribution in [2.24, 2.45) is 10.9 Å². The van der Waals surface area contributed by atoms with Gasteiger partial charge in [0.05, 0.1) is 17.3 Å². The van der Waals surface area contributed by atoms with Crippen LogP contribution in [-0.4, -0.2) is 14.8 Å². The zero-order valence-electron chi connectivity index (χ0n) is 29.6. The third kappa shape index (κ3) is 5.07. The summed E-state index contributed by atoms with van der Waals surface area (Å²) in [6.07, 6.45) is 30.1. The number of benzene rings is 3. The first kappa shape index (κ1) is 31.4. The highest BCUT2D eigenvalue weighted by molar-refractivity contribution is 6.13. The minimum atomic E-state index is 0.332. The Hall–Kier alpha value is -5.61. The normalized spacial score (nSPS) is 18.9. The van der Waals surface area contributed by atoms with Crippen LogP contribution in [0.25, 0.3) is 44.7 Å². The smallest absolute Gasteiger partial charge is 0.0899 e. The number of hydrazone groups is 1. The molecule has 1 atom stereocenters. The van der Waals surface area contributed by atoms with Gasteiger partial charge >= 0.3 is 0 Å². The van der Waals surface area contributed by atoms with E-state index in [-0.39, 0.29) is 0 Å². The van der Waals surface area contributed by atoms with Gasteiger partial charge < -0.3 is 15.0 Å². The van der Waals surface area contributed by atoms with Gasteiger partial charge in [-0.25, -0.2) is 0 Å². The fourth-order valence-corrected chi connectivity index (χ4v) is 9.07. The van der Waals surface area contributed by atoms with E-state index in [0.717, 1.165) is 61.8 Å². The maximum absolute atomic E-state index is 6.14. The van der Waals surface area contributed by atoms with Crippen molar-refractivity contribution in [3.8, 4) is 5.69 Å². The fraction of sp³-hybridized carbons (Fsp3) is 0.213. The zero-order valence-corrected chi connectivity index (χ0v) is 29.6. The minimum absolute atomic E-state index is 0.332. The van der Waals surface area contributed by atoms with E-state index in [1.807, 2.05) is 13.8 Å². The predicted molar refractivity (Wildman–Crippen MR) is 216 cm³/mol. The second-order valence-corrected chi connectivity index (χ2v) is 13.9. The summed E-state index contributed by atoms with van der Waals surface area (Å²) in [5.74, 6) is 6.14. The van der Waals surface area contributed by atoms with Crippen molar-refractivity contribution < 1.29 is 0 Å². The molecular formula is C47H44N4. The highest BCUT2D eigenvalue weighted by Gasteiger charge is 2.31. The molecule has 5 aliphatic carbocycles. The SMILES string of the molecule is CC.N/N=C(\C=C/c1ccc2c(c1)c1c(n2-c2ccccc2)CC2=C1C=CCC2)c1ccc2c(c1)c1c(n2C2C=CC=CC2)CC2=C1CCC=C2. The molecule has 0 aliphatic heterocycles. The highest BCUT2D eigenvalue weighted by atomic mass is 15.1. The fourth-order valence-electron chi connectivity index (χ4n) is 9.07. The van der Waals surface area contributed by atoms with Gasteiger partial charge in [0.15, 0.2) is 0 Å². The van der Waals surface area contributed by atoms with Crippen LogP contribution in [0.4, 0.5) is 0 Å². The largest absolute Gasteiger partial charge is 0.336 e. The molecule has 0 saturated heterocycles. The van der Waals surface area contributed by atoms with Gasteiger partial charge in [0, 0.05) is 62.9 Å². The van der Waals surface area contributed by atoms with Crippen molar-refractivity contribution in [3.63, 3.8) is 0 Å². The molecule has 0 radical (unpaired) electrons. The molecule has 5 aliphatic rings. The summed E-state index contributed by atoms with van der Waals surface area (Å²) in [4.78, 5) is 0. The first-order valence-electron chi connectivity index (χ1n) is 18.7. The van der Waals surface area contributed by atoms with Crippen LogP contribution in [0.2, 0.25) is 0 Å². The van der Waals surface area contributed by atoms with Crippen molar-refractivity contribution in [1.82, 2.24) is 9.13 Å². The quantitative estimate of drug-likeness (QED) is 0.113. The van der Waals surface area contributed by atoms with Crippen molar-refractivity contribution in [2.45, 2.75) is 64.8 Å². The van der Waals surface area contributed by atoms with Crippen LogP contribution < -0.4 is 5.84 Å². The van der Waals surface area contributed by atoms with E-state index in [4.69, 9.17) is 5.84 Å². The first-order valence-corrected chi connectivity index (χ1v) is 18.7. The standard InChI is InChI=1S/C45H38N4.C2H6/c46-47-39(32-21-24-41-38(26-32)45-36-18-10-8-12-31(36)28-43(45)49(41)34-15-5-2-6-16-34)22-19-29-20-23-40-37(25-29)44-35-17-9-7-11-30(35)27-42(44)48(40)33-13-3-1-4-14-33;1-2/h1-6,8-9,12-15,17,19-26,34H,7,10-11,16,18,27-28,46H2;1-2H3/b22-19-,47-39+;. The molecule has 1 unspecified atom stereocenters. The average Bonchev–Trinajstić information content (AvgIpc) is 3.93. The van der Waals surface area contributed by atoms with E-state index in [1.165, 1.54) is 66.7 Å². The number of fused-ring (bicyclic) bond motifs is 8. The summed E-state index contributed by atoms with van der Waals surface area (Å²) >= 11 is 0. The molecule has 10 rings (SSSR count). The molecule has 0 bridgehead atoms. The van der Waals surface area contributed by atoms with Gasteiger partial charge in [-0.2, -0.15) is 5.10 Å². The lowest BCUT2D eigenvalue weighted by molar-refractivity contribution is 0.608. The van der Waals surface area contributed by atoms with Gasteiger partial charge in [0.1, 0.15) is 0 Å². The number of rotatable bonds is 5. The second kappa shape index (κ2) is 12.9. The number of hydrogen-bond donors (Lipinski definition) is 1. The average molecular weight is 665 g/mol. The summed E-state index contributed by atoms with van der Waals surface area (Å²) < 4.78 is 5.06. The van der Waals surface area contributed by atoms with Gasteiger partial charge in [-0.1, -0.05) is 104 Å². The predicted octanol–water partition coefficient (Wildman–Crippen LogP) is 11.4. The van der Waals surface area contributed by atoms with E-state index in [9.17, 15) is 0 Å². The molecule has 0 amide bonds. The van der Waals surface area contributed by atoms with E-state index >= 15 is 0 Å². The number of hydrogen-bond acceptors (Lipinski definition) is 2. The molecule has 0 fully saturated rings. The molecule has 0 saturated carbocycles. The third-order valence-electron chi connectivity index (χ3n) is 11.2. The minimum Gasteiger partial charge on any atom is -0.336 e. The van der Waals surface area contributed by atoms with Gasteiger partial charge in [0.25, 0.3) is 0 Å². The van der Waals surface area contributed by atoms with Crippen molar-refractivity contribution in [2.75, 3.05) is 0 Å². The summed E-state index contributed by atoms with van der Waals surface area (Å²) in [7, 11) is 0. The highest BCUT2D eigenvalue weighted by Crippen LogP contribution is 2.47. The van der Waals surface area contributed by atoms with Crippen LogP contribution in [0.1, 0.15) is 85.6 Å². The monoisotopic (exact) mass is 664 g/mol. The van der Waals surface area contributed by atoms with Gasteiger partial charge in [0.2, 0.25) is 0 Å². The maximum atomic E-state index is 6.14. The summed E-state index contributed by atoms with van der Waals surface area (Å²) in [6, 6.07) is 24.8. The molecule has 4 nitrogen and oxygen atoms in total. The summed E-state index contributed by atoms with van der Waals surface area (Å²) in [5.41, 5.74) is 18.4. The van der Waals surface area contributed by atoms with E-state index in [2.05, 4.69) is 142 Å². The van der Waals surface area contributed by atoms with E-state index < -0.39 is 0 Å². The lowest BCUT2D eigenvalue weighted by Crippen LogP contribution is -2.10. The molecule has 2 N–H and O–H groups in total. The van der Waals surface area contributed by atoms with Crippen LogP contribution in [-0.2, 0) is 12.8 Å². The molecule has 3 aromatic carbocycles. The lowest BCUT2D eigenvalue weighted by atomic mass is 9.94. The van der Waals surface area contributed by atoms with E-state index in [1.54, 1.807) is 5.57 Å². The first-order chi connectivity index (χ1) is 25.3. The Balaban J connectivity index is 0.00000171. The molecule has 2 heterocycles. The molecular weight excluding hydrogens is 621 g/mol. The van der Waals surface area contributed by atoms with E-state index in [0.29, 0.717) is 6.04 Å². The number of aromatic nitrogens is 2. The van der Waals surface area contributed by atoms with Crippen LogP contribution in [0.5, 0.6) is 0 Å². The number of nitrogens with zero attached hydrogens (tertiary/aromatic N) is 3. The number of para-hydroxylation sites is 1. The van der Waals surface area contributed by atoms with Gasteiger partial charge in [-0.05, 0) is 96.9 Å². The third-order valence-corrected chi connectivity index (χ3v) is 11.2. The number of allylic oxidation sites excluding steroid dienone is 13. The molecule has 0 spiro atoms. The molecule has 252 valence electrons. The Bertz CT molecular complexity index is 2460. The molecule has 2 aromatic heterocycles. The van der Waals surface area contributed by atoms with Gasteiger partial charge in [-0.15, -0.1) is 0 Å². The number of nitrogens with two attached hydrogens (primary N) is 1. The van der Waals surface area contributed by atoms with Crippen LogP contribution in [0.3, 0.4) is 0 Å². The van der Waals surface area contributed by atoms with Crippen LogP contribution in [0, 0.1) is 0 Å². The zero-order chi connectivity index (χ0) is 34.5. The molecule has 5 aromatic rings. The Morgan fingerprint density at radius 3 is 2.47 bits per heavy atom. The lowest BCUT2D eigenvalue weighted by Gasteiger charge is -2.20. The Morgan fingerprint density at radius 1 is 0.804 bits per heavy atom. The summed E-state index contributed by atoms with van der Waals surface area (Å²) in [5, 5.41) is 6.95. The maximum Gasteiger partial charge on any atom is 0.0899 e.